The van der Waals surface area contributed by atoms with Crippen LogP contribution in [0.15, 0.2) is 97.2 Å². The maximum atomic E-state index is 4.11. The maximum Gasteiger partial charge on any atom is 0.0387 e. The Morgan fingerprint density at radius 2 is 1.69 bits per heavy atom. The number of fused-ring (bicyclic) bond motifs is 6. The molecule has 172 valence electrons. The van der Waals surface area contributed by atoms with Crippen LogP contribution < -0.4 is 5.32 Å². The number of anilines is 1. The monoisotopic (exact) mass is 453 g/mol. The fourth-order valence-corrected chi connectivity index (χ4v) is 5.98. The van der Waals surface area contributed by atoms with Gasteiger partial charge in [-0.3, -0.25) is 0 Å². The van der Waals surface area contributed by atoms with E-state index in [0.29, 0.717) is 0 Å². The average molecular weight is 454 g/mol. The zero-order chi connectivity index (χ0) is 24.2. The minimum absolute atomic E-state index is 0.0763. The van der Waals surface area contributed by atoms with Crippen LogP contribution >= 0.6 is 0 Å². The van der Waals surface area contributed by atoms with E-state index in [9.17, 15) is 0 Å². The van der Waals surface area contributed by atoms with Gasteiger partial charge in [0.15, 0.2) is 0 Å². The summed E-state index contributed by atoms with van der Waals surface area (Å²) in [6.07, 6.45) is 10.9. The van der Waals surface area contributed by atoms with Crippen molar-refractivity contribution in [1.29, 1.82) is 0 Å². The molecule has 4 aromatic carbocycles. The largest absolute Gasteiger partial charge is 0.356 e. The highest BCUT2D eigenvalue weighted by atomic mass is 14.9. The van der Waals surface area contributed by atoms with Gasteiger partial charge in [0.2, 0.25) is 0 Å². The molecule has 0 unspecified atom stereocenters. The van der Waals surface area contributed by atoms with Crippen molar-refractivity contribution in [3.63, 3.8) is 0 Å². The Morgan fingerprint density at radius 1 is 0.914 bits per heavy atom. The van der Waals surface area contributed by atoms with E-state index in [0.717, 1.165) is 24.2 Å². The van der Waals surface area contributed by atoms with E-state index in [1.165, 1.54) is 55.3 Å². The van der Waals surface area contributed by atoms with Crippen LogP contribution in [0.25, 0.3) is 39.1 Å². The lowest BCUT2D eigenvalue weighted by Gasteiger charge is -2.24. The molecule has 35 heavy (non-hydrogen) atoms. The summed E-state index contributed by atoms with van der Waals surface area (Å²) in [4.78, 5) is 0. The van der Waals surface area contributed by atoms with E-state index in [2.05, 4.69) is 105 Å². The lowest BCUT2D eigenvalue weighted by atomic mass is 9.80. The molecular formula is C34H31N. The third kappa shape index (κ3) is 3.46. The Morgan fingerprint density at radius 3 is 2.51 bits per heavy atom. The van der Waals surface area contributed by atoms with Gasteiger partial charge in [0.25, 0.3) is 0 Å². The SMILES string of the molecule is C=C(/C=C\C)Nc1ccc2c(c1)C(C)(C)c1cc(-c3cc4ccccc4c4c3C=CCC4)ccc1-2. The average Bonchev–Trinajstić information content (AvgIpc) is 3.09. The van der Waals surface area contributed by atoms with Gasteiger partial charge in [0.1, 0.15) is 0 Å². The number of allylic oxidation sites excluding steroid dienone is 3. The Kier molecular flexibility index (Phi) is 5.04. The third-order valence-corrected chi connectivity index (χ3v) is 7.71. The summed E-state index contributed by atoms with van der Waals surface area (Å²) in [5, 5.41) is 6.16. The van der Waals surface area contributed by atoms with E-state index in [-0.39, 0.29) is 5.41 Å². The molecule has 0 atom stereocenters. The zero-order valence-electron chi connectivity index (χ0n) is 20.8. The lowest BCUT2D eigenvalue weighted by Crippen LogP contribution is -2.15. The van der Waals surface area contributed by atoms with Crippen molar-refractivity contribution >= 4 is 22.5 Å². The molecule has 1 N–H and O–H groups in total. The van der Waals surface area contributed by atoms with Gasteiger partial charge < -0.3 is 5.32 Å². The topological polar surface area (TPSA) is 12.0 Å². The quantitative estimate of drug-likeness (QED) is 0.304. The van der Waals surface area contributed by atoms with Crippen molar-refractivity contribution in [2.45, 2.75) is 39.0 Å². The molecule has 0 heterocycles. The van der Waals surface area contributed by atoms with Gasteiger partial charge >= 0.3 is 0 Å². The van der Waals surface area contributed by atoms with Crippen molar-refractivity contribution in [2.24, 2.45) is 0 Å². The molecule has 0 radical (unpaired) electrons. The molecular weight excluding hydrogens is 422 g/mol. The summed E-state index contributed by atoms with van der Waals surface area (Å²) in [5.74, 6) is 0. The number of aryl methyl sites for hydroxylation is 1. The Balaban J connectivity index is 1.48. The highest BCUT2D eigenvalue weighted by Gasteiger charge is 2.36. The second kappa shape index (κ2) is 8.13. The molecule has 0 saturated carbocycles. The summed E-state index contributed by atoms with van der Waals surface area (Å²) >= 11 is 0. The maximum absolute atomic E-state index is 4.11. The van der Waals surface area contributed by atoms with Crippen LogP contribution in [0.5, 0.6) is 0 Å². The van der Waals surface area contributed by atoms with Gasteiger partial charge in [-0.05, 0) is 105 Å². The summed E-state index contributed by atoms with van der Waals surface area (Å²) in [6, 6.07) is 25.0. The number of nitrogens with one attached hydrogen (secondary N) is 1. The third-order valence-electron chi connectivity index (χ3n) is 7.71. The molecule has 0 spiro atoms. The first kappa shape index (κ1) is 21.7. The molecule has 0 aromatic heterocycles. The molecule has 0 aliphatic heterocycles. The molecule has 0 saturated heterocycles. The molecule has 4 aromatic rings. The van der Waals surface area contributed by atoms with Crippen molar-refractivity contribution in [2.75, 3.05) is 5.32 Å². The van der Waals surface area contributed by atoms with Gasteiger partial charge in [0.05, 0.1) is 0 Å². The van der Waals surface area contributed by atoms with Gasteiger partial charge in [-0.1, -0.05) is 81.1 Å². The predicted molar refractivity (Wildman–Crippen MR) is 152 cm³/mol. The summed E-state index contributed by atoms with van der Waals surface area (Å²) < 4.78 is 0. The summed E-state index contributed by atoms with van der Waals surface area (Å²) in [7, 11) is 0. The molecule has 0 fully saturated rings. The fraction of sp³-hybridized carbons (Fsp3) is 0.176. The van der Waals surface area contributed by atoms with E-state index in [1.807, 2.05) is 19.1 Å². The smallest absolute Gasteiger partial charge is 0.0387 e. The van der Waals surface area contributed by atoms with E-state index in [1.54, 1.807) is 0 Å². The molecule has 1 nitrogen and oxygen atoms in total. The zero-order valence-corrected chi connectivity index (χ0v) is 20.8. The summed E-state index contributed by atoms with van der Waals surface area (Å²) in [5.41, 5.74) is 12.9. The fourth-order valence-electron chi connectivity index (χ4n) is 5.98. The standard InChI is InChI=1S/C34H31N/c1-5-10-22(2)35-25-16-18-30-29-17-15-24(20-32(29)34(3,4)33(30)21-25)31-19-23-11-6-7-12-26(23)27-13-8-9-14-28(27)31/h5-7,9-12,14-21,35H,2,8,13H2,1,3-4H3/b10-5-. The summed E-state index contributed by atoms with van der Waals surface area (Å²) in [6.45, 7) is 10.8. The minimum atomic E-state index is -0.0763. The van der Waals surface area contributed by atoms with Crippen LogP contribution in [-0.2, 0) is 11.8 Å². The Bertz CT molecular complexity index is 1560. The highest BCUT2D eigenvalue weighted by molar-refractivity contribution is 5.97. The van der Waals surface area contributed by atoms with E-state index in [4.69, 9.17) is 0 Å². The molecule has 0 bridgehead atoms. The normalized spacial score (nSPS) is 15.2. The van der Waals surface area contributed by atoms with Crippen molar-refractivity contribution < 1.29 is 0 Å². The van der Waals surface area contributed by atoms with Gasteiger partial charge in [-0.15, -0.1) is 0 Å². The first-order valence-electron chi connectivity index (χ1n) is 12.6. The van der Waals surface area contributed by atoms with Crippen LogP contribution in [0.2, 0.25) is 0 Å². The highest BCUT2D eigenvalue weighted by Crippen LogP contribution is 2.51. The van der Waals surface area contributed by atoms with Crippen molar-refractivity contribution in [1.82, 2.24) is 0 Å². The van der Waals surface area contributed by atoms with Crippen molar-refractivity contribution in [3.8, 4) is 22.3 Å². The number of hydrogen-bond acceptors (Lipinski definition) is 1. The molecule has 2 aliphatic carbocycles. The van der Waals surface area contributed by atoms with E-state index >= 15 is 0 Å². The van der Waals surface area contributed by atoms with E-state index < -0.39 is 0 Å². The molecule has 2 aliphatic rings. The molecule has 1 heteroatoms. The minimum Gasteiger partial charge on any atom is -0.356 e. The van der Waals surface area contributed by atoms with Crippen LogP contribution in [-0.4, -0.2) is 0 Å². The van der Waals surface area contributed by atoms with Crippen LogP contribution in [0, 0.1) is 0 Å². The number of benzene rings is 4. The second-order valence-electron chi connectivity index (χ2n) is 10.3. The first-order valence-corrected chi connectivity index (χ1v) is 12.6. The van der Waals surface area contributed by atoms with Gasteiger partial charge in [0, 0.05) is 16.8 Å². The Labute approximate surface area is 208 Å². The lowest BCUT2D eigenvalue weighted by molar-refractivity contribution is 0.661. The molecule has 0 amide bonds. The van der Waals surface area contributed by atoms with Crippen LogP contribution in [0.4, 0.5) is 5.69 Å². The van der Waals surface area contributed by atoms with Crippen molar-refractivity contribution in [3.05, 3.63) is 119 Å². The predicted octanol–water partition coefficient (Wildman–Crippen LogP) is 9.27. The van der Waals surface area contributed by atoms with Crippen LogP contribution in [0.1, 0.15) is 49.4 Å². The second-order valence-corrected chi connectivity index (χ2v) is 10.3. The Hall–Kier alpha value is -3.84. The molecule has 6 rings (SSSR count). The number of rotatable bonds is 4. The van der Waals surface area contributed by atoms with Gasteiger partial charge in [-0.25, -0.2) is 0 Å². The van der Waals surface area contributed by atoms with Crippen LogP contribution in [0.3, 0.4) is 0 Å². The first-order chi connectivity index (χ1) is 17.0. The van der Waals surface area contributed by atoms with Gasteiger partial charge in [-0.2, -0.15) is 0 Å². The number of hydrogen-bond donors (Lipinski definition) is 1.